The lowest BCUT2D eigenvalue weighted by molar-refractivity contribution is 0.0936. The molecule has 2 aromatic heterocycles. The molecule has 0 unspecified atom stereocenters. The van der Waals surface area contributed by atoms with Crippen LogP contribution in [0.1, 0.15) is 33.9 Å². The SMILES string of the molecule is O=C(N[C@@H]1CCc2ccccc21)c1ccn2nnnc2c1. The molecule has 3 aromatic rings. The van der Waals surface area contributed by atoms with Gasteiger partial charge in [-0.2, -0.15) is 0 Å². The number of carbonyl (C=O) groups is 1. The highest BCUT2D eigenvalue weighted by Crippen LogP contribution is 2.30. The molecule has 6 nitrogen and oxygen atoms in total. The molecule has 1 atom stereocenters. The zero-order valence-electron chi connectivity index (χ0n) is 11.2. The number of aryl methyl sites for hydroxylation is 1. The van der Waals surface area contributed by atoms with Crippen molar-refractivity contribution in [1.29, 1.82) is 0 Å². The molecule has 0 fully saturated rings. The zero-order chi connectivity index (χ0) is 14.2. The van der Waals surface area contributed by atoms with Gasteiger partial charge < -0.3 is 5.32 Å². The molecule has 0 radical (unpaired) electrons. The normalized spacial score (nSPS) is 16.9. The Morgan fingerprint density at radius 3 is 3.14 bits per heavy atom. The van der Waals surface area contributed by atoms with Gasteiger partial charge in [-0.05, 0) is 46.5 Å². The fraction of sp³-hybridized carbons (Fsp3) is 0.200. The van der Waals surface area contributed by atoms with Crippen LogP contribution in [0.4, 0.5) is 0 Å². The number of amides is 1. The maximum atomic E-state index is 12.4. The number of pyridine rings is 1. The van der Waals surface area contributed by atoms with E-state index < -0.39 is 0 Å². The van der Waals surface area contributed by atoms with E-state index in [9.17, 15) is 4.79 Å². The van der Waals surface area contributed by atoms with E-state index in [1.54, 1.807) is 18.3 Å². The lowest BCUT2D eigenvalue weighted by Gasteiger charge is -2.14. The van der Waals surface area contributed by atoms with Crippen LogP contribution >= 0.6 is 0 Å². The highest BCUT2D eigenvalue weighted by molar-refractivity contribution is 5.95. The second-order valence-electron chi connectivity index (χ2n) is 5.16. The van der Waals surface area contributed by atoms with Gasteiger partial charge in [0.25, 0.3) is 5.91 Å². The molecule has 0 bridgehead atoms. The third-order valence-corrected chi connectivity index (χ3v) is 3.90. The van der Waals surface area contributed by atoms with Crippen LogP contribution in [0.2, 0.25) is 0 Å². The largest absolute Gasteiger partial charge is 0.345 e. The van der Waals surface area contributed by atoms with Gasteiger partial charge in [-0.1, -0.05) is 24.3 Å². The number of nitrogens with one attached hydrogen (secondary N) is 1. The number of carbonyl (C=O) groups excluding carboxylic acids is 1. The van der Waals surface area contributed by atoms with E-state index >= 15 is 0 Å². The Bertz CT molecular complexity index is 826. The van der Waals surface area contributed by atoms with Gasteiger partial charge >= 0.3 is 0 Å². The summed E-state index contributed by atoms with van der Waals surface area (Å²) < 4.78 is 1.53. The summed E-state index contributed by atoms with van der Waals surface area (Å²) >= 11 is 0. The molecule has 21 heavy (non-hydrogen) atoms. The summed E-state index contributed by atoms with van der Waals surface area (Å²) in [7, 11) is 0. The third-order valence-electron chi connectivity index (χ3n) is 3.90. The number of hydrogen-bond acceptors (Lipinski definition) is 4. The zero-order valence-corrected chi connectivity index (χ0v) is 11.2. The van der Waals surface area contributed by atoms with Gasteiger partial charge in [0, 0.05) is 11.8 Å². The predicted octanol–water partition coefficient (Wildman–Crippen LogP) is 1.54. The molecular formula is C15H13N5O. The van der Waals surface area contributed by atoms with Crippen LogP contribution in [0, 0.1) is 0 Å². The van der Waals surface area contributed by atoms with E-state index in [-0.39, 0.29) is 11.9 Å². The molecule has 4 rings (SSSR count). The first-order valence-corrected chi connectivity index (χ1v) is 6.88. The van der Waals surface area contributed by atoms with Crippen LogP contribution in [0.3, 0.4) is 0 Å². The van der Waals surface area contributed by atoms with E-state index in [4.69, 9.17) is 0 Å². The highest BCUT2D eigenvalue weighted by atomic mass is 16.1. The third kappa shape index (κ3) is 2.05. The minimum atomic E-state index is -0.0952. The number of tetrazole rings is 1. The van der Waals surface area contributed by atoms with Crippen molar-refractivity contribution < 1.29 is 4.79 Å². The van der Waals surface area contributed by atoms with Crippen molar-refractivity contribution in [2.75, 3.05) is 0 Å². The van der Waals surface area contributed by atoms with Gasteiger partial charge in [0.15, 0.2) is 5.65 Å². The Morgan fingerprint density at radius 2 is 2.19 bits per heavy atom. The summed E-state index contributed by atoms with van der Waals surface area (Å²) in [6.45, 7) is 0. The minimum Gasteiger partial charge on any atom is -0.345 e. The maximum absolute atomic E-state index is 12.4. The van der Waals surface area contributed by atoms with Crippen molar-refractivity contribution in [3.63, 3.8) is 0 Å². The Morgan fingerprint density at radius 1 is 1.29 bits per heavy atom. The second-order valence-corrected chi connectivity index (χ2v) is 5.16. The van der Waals surface area contributed by atoms with E-state index in [0.29, 0.717) is 11.2 Å². The van der Waals surface area contributed by atoms with Gasteiger partial charge in [-0.25, -0.2) is 4.52 Å². The predicted molar refractivity (Wildman–Crippen MR) is 75.8 cm³/mol. The molecule has 104 valence electrons. The molecule has 6 heteroatoms. The first-order chi connectivity index (χ1) is 10.3. The van der Waals surface area contributed by atoms with E-state index in [2.05, 4.69) is 33.0 Å². The van der Waals surface area contributed by atoms with Crippen molar-refractivity contribution >= 4 is 11.6 Å². The van der Waals surface area contributed by atoms with Crippen LogP contribution < -0.4 is 5.32 Å². The average molecular weight is 279 g/mol. The molecule has 1 aliphatic carbocycles. The average Bonchev–Trinajstić information content (AvgIpc) is 3.13. The van der Waals surface area contributed by atoms with Gasteiger partial charge in [0.05, 0.1) is 6.04 Å². The number of hydrogen-bond donors (Lipinski definition) is 1. The summed E-state index contributed by atoms with van der Waals surface area (Å²) in [6, 6.07) is 11.7. The van der Waals surface area contributed by atoms with Crippen LogP contribution in [0.15, 0.2) is 42.6 Å². The summed E-state index contributed by atoms with van der Waals surface area (Å²) in [5.41, 5.74) is 3.67. The second kappa shape index (κ2) is 4.66. The molecule has 2 heterocycles. The molecule has 1 aromatic carbocycles. The lowest BCUT2D eigenvalue weighted by Crippen LogP contribution is -2.27. The maximum Gasteiger partial charge on any atom is 0.251 e. The summed E-state index contributed by atoms with van der Waals surface area (Å²) in [5.74, 6) is -0.0952. The Kier molecular flexibility index (Phi) is 2.67. The fourth-order valence-electron chi connectivity index (χ4n) is 2.83. The van der Waals surface area contributed by atoms with Crippen molar-refractivity contribution in [1.82, 2.24) is 25.4 Å². The first-order valence-electron chi connectivity index (χ1n) is 6.88. The monoisotopic (exact) mass is 279 g/mol. The molecule has 0 spiro atoms. The summed E-state index contributed by atoms with van der Waals surface area (Å²) in [4.78, 5) is 12.4. The van der Waals surface area contributed by atoms with Crippen LogP contribution in [0.5, 0.6) is 0 Å². The van der Waals surface area contributed by atoms with E-state index in [1.807, 2.05) is 12.1 Å². The van der Waals surface area contributed by atoms with E-state index in [1.165, 1.54) is 15.6 Å². The smallest absolute Gasteiger partial charge is 0.251 e. The first kappa shape index (κ1) is 12.0. The van der Waals surface area contributed by atoms with Gasteiger partial charge in [-0.15, -0.1) is 5.10 Å². The number of aromatic nitrogens is 4. The Hall–Kier alpha value is -2.76. The fourth-order valence-corrected chi connectivity index (χ4v) is 2.83. The van der Waals surface area contributed by atoms with Crippen LogP contribution in [0.25, 0.3) is 5.65 Å². The van der Waals surface area contributed by atoms with Crippen LogP contribution in [-0.2, 0) is 6.42 Å². The van der Waals surface area contributed by atoms with Gasteiger partial charge in [-0.3, -0.25) is 4.79 Å². The van der Waals surface area contributed by atoms with Gasteiger partial charge in [0.1, 0.15) is 0 Å². The number of fused-ring (bicyclic) bond motifs is 2. The van der Waals surface area contributed by atoms with Crippen molar-refractivity contribution in [2.24, 2.45) is 0 Å². The van der Waals surface area contributed by atoms with Crippen LogP contribution in [-0.4, -0.2) is 25.9 Å². The van der Waals surface area contributed by atoms with Gasteiger partial charge in [0.2, 0.25) is 0 Å². The summed E-state index contributed by atoms with van der Waals surface area (Å²) in [5, 5.41) is 14.3. The van der Waals surface area contributed by atoms with Crippen molar-refractivity contribution in [3.05, 3.63) is 59.3 Å². The standard InChI is InChI=1S/C15H13N5O/c21-15(11-7-8-20-14(9-11)17-18-19-20)16-13-6-5-10-3-1-2-4-12(10)13/h1-4,7-9,13H,5-6H2,(H,16,21)/t13-/m1/s1. The molecule has 1 amide bonds. The Labute approximate surface area is 120 Å². The topological polar surface area (TPSA) is 72.2 Å². The highest BCUT2D eigenvalue weighted by Gasteiger charge is 2.23. The molecule has 1 N–H and O–H groups in total. The lowest BCUT2D eigenvalue weighted by atomic mass is 10.1. The molecule has 1 aliphatic rings. The molecule has 0 saturated heterocycles. The minimum absolute atomic E-state index is 0.0842. The molecular weight excluding hydrogens is 266 g/mol. The molecule has 0 aliphatic heterocycles. The summed E-state index contributed by atoms with van der Waals surface area (Å²) in [6.07, 6.45) is 3.64. The number of nitrogens with zero attached hydrogens (tertiary/aromatic N) is 4. The number of rotatable bonds is 2. The van der Waals surface area contributed by atoms with Crippen molar-refractivity contribution in [3.8, 4) is 0 Å². The Balaban J connectivity index is 1.58. The number of benzene rings is 1. The quantitative estimate of drug-likeness (QED) is 0.772. The molecule has 0 saturated carbocycles. The van der Waals surface area contributed by atoms with Crippen molar-refractivity contribution in [2.45, 2.75) is 18.9 Å². The van der Waals surface area contributed by atoms with E-state index in [0.717, 1.165) is 12.8 Å².